The Kier molecular flexibility index (Phi) is 4.29. The van der Waals surface area contributed by atoms with Crippen molar-refractivity contribution in [3.05, 3.63) is 52.0 Å². The van der Waals surface area contributed by atoms with E-state index in [1.807, 2.05) is 12.3 Å². The average Bonchev–Trinajstić information content (AvgIpc) is 2.85. The van der Waals surface area contributed by atoms with Crippen LogP contribution in [0.4, 0.5) is 0 Å². The Hall–Kier alpha value is -1.19. The van der Waals surface area contributed by atoms with Crippen molar-refractivity contribution >= 4 is 11.3 Å². The SMILES string of the molecule is CCNC(Cc1ncccc1C)c1cccs1. The molecule has 1 N–H and O–H groups in total. The maximum atomic E-state index is 4.47. The maximum Gasteiger partial charge on any atom is 0.0470 e. The standard InChI is InChI=1S/C14H18N2S/c1-3-15-13(14-7-5-9-17-14)10-12-11(2)6-4-8-16-12/h4-9,13,15H,3,10H2,1-2H3. The predicted molar refractivity (Wildman–Crippen MR) is 73.4 cm³/mol. The molecule has 0 spiro atoms. The number of hydrogen-bond acceptors (Lipinski definition) is 3. The minimum atomic E-state index is 0.383. The topological polar surface area (TPSA) is 24.9 Å². The van der Waals surface area contributed by atoms with Crippen LogP contribution in [0.2, 0.25) is 0 Å². The Balaban J connectivity index is 2.16. The molecule has 0 saturated carbocycles. The molecule has 2 aromatic rings. The summed E-state index contributed by atoms with van der Waals surface area (Å²) in [5.74, 6) is 0. The van der Waals surface area contributed by atoms with Gasteiger partial charge in [-0.1, -0.05) is 19.1 Å². The molecule has 2 heterocycles. The fourth-order valence-corrected chi connectivity index (χ4v) is 2.74. The monoisotopic (exact) mass is 246 g/mol. The molecule has 90 valence electrons. The Morgan fingerprint density at radius 3 is 2.88 bits per heavy atom. The molecule has 0 fully saturated rings. The molecule has 1 unspecified atom stereocenters. The smallest absolute Gasteiger partial charge is 0.0470 e. The fraction of sp³-hybridized carbons (Fsp3) is 0.357. The van der Waals surface area contributed by atoms with E-state index in [0.29, 0.717) is 6.04 Å². The van der Waals surface area contributed by atoms with Crippen LogP contribution in [0.1, 0.15) is 29.1 Å². The van der Waals surface area contributed by atoms with Crippen molar-refractivity contribution in [1.82, 2.24) is 10.3 Å². The number of aryl methyl sites for hydroxylation is 1. The second-order valence-electron chi connectivity index (χ2n) is 4.10. The summed E-state index contributed by atoms with van der Waals surface area (Å²) in [6.07, 6.45) is 2.83. The van der Waals surface area contributed by atoms with E-state index in [1.54, 1.807) is 11.3 Å². The van der Waals surface area contributed by atoms with Crippen LogP contribution in [0.5, 0.6) is 0 Å². The molecule has 0 radical (unpaired) electrons. The third kappa shape index (κ3) is 3.14. The predicted octanol–water partition coefficient (Wildman–Crippen LogP) is 3.34. The third-order valence-corrected chi connectivity index (χ3v) is 3.84. The molecule has 0 aliphatic heterocycles. The van der Waals surface area contributed by atoms with Gasteiger partial charge in [0.05, 0.1) is 0 Å². The summed E-state index contributed by atoms with van der Waals surface area (Å²) in [5.41, 5.74) is 2.46. The fourth-order valence-electron chi connectivity index (χ4n) is 1.93. The van der Waals surface area contributed by atoms with E-state index in [-0.39, 0.29) is 0 Å². The van der Waals surface area contributed by atoms with Crippen LogP contribution in [0, 0.1) is 6.92 Å². The van der Waals surface area contributed by atoms with Crippen molar-refractivity contribution in [3.8, 4) is 0 Å². The van der Waals surface area contributed by atoms with E-state index in [0.717, 1.165) is 13.0 Å². The Bertz CT molecular complexity index is 451. The first-order valence-corrected chi connectivity index (χ1v) is 6.86. The summed E-state index contributed by atoms with van der Waals surface area (Å²) in [6.45, 7) is 5.25. The largest absolute Gasteiger partial charge is 0.309 e. The van der Waals surface area contributed by atoms with Gasteiger partial charge in [-0.2, -0.15) is 0 Å². The van der Waals surface area contributed by atoms with Crippen LogP contribution < -0.4 is 5.32 Å². The summed E-state index contributed by atoms with van der Waals surface area (Å²) in [5, 5.41) is 5.66. The molecule has 0 aliphatic carbocycles. The molecule has 0 bridgehead atoms. The first-order valence-electron chi connectivity index (χ1n) is 5.98. The highest BCUT2D eigenvalue weighted by atomic mass is 32.1. The first-order chi connectivity index (χ1) is 8.31. The minimum absolute atomic E-state index is 0.383. The molecule has 2 nitrogen and oxygen atoms in total. The van der Waals surface area contributed by atoms with Crippen LogP contribution in [0.25, 0.3) is 0 Å². The zero-order valence-corrected chi connectivity index (χ0v) is 11.1. The number of likely N-dealkylation sites (N-methyl/N-ethyl adjacent to an activating group) is 1. The zero-order chi connectivity index (χ0) is 12.1. The van der Waals surface area contributed by atoms with Crippen molar-refractivity contribution in [3.63, 3.8) is 0 Å². The molecule has 0 saturated heterocycles. The summed E-state index contributed by atoms with van der Waals surface area (Å²) in [6, 6.07) is 8.80. The van der Waals surface area contributed by atoms with E-state index >= 15 is 0 Å². The van der Waals surface area contributed by atoms with Gasteiger partial charge in [0.25, 0.3) is 0 Å². The molecule has 17 heavy (non-hydrogen) atoms. The minimum Gasteiger partial charge on any atom is -0.309 e. The van der Waals surface area contributed by atoms with E-state index < -0.39 is 0 Å². The van der Waals surface area contributed by atoms with Crippen molar-refractivity contribution in [1.29, 1.82) is 0 Å². The summed E-state index contributed by atoms with van der Waals surface area (Å²) < 4.78 is 0. The highest BCUT2D eigenvalue weighted by molar-refractivity contribution is 7.10. The third-order valence-electron chi connectivity index (χ3n) is 2.85. The normalized spacial score (nSPS) is 12.6. The Labute approximate surface area is 107 Å². The zero-order valence-electron chi connectivity index (χ0n) is 10.3. The second kappa shape index (κ2) is 5.94. The number of nitrogens with zero attached hydrogens (tertiary/aromatic N) is 1. The molecule has 0 amide bonds. The molecule has 0 aliphatic rings. The lowest BCUT2D eigenvalue weighted by Crippen LogP contribution is -2.22. The number of aromatic nitrogens is 1. The second-order valence-corrected chi connectivity index (χ2v) is 5.08. The van der Waals surface area contributed by atoms with Gasteiger partial charge in [-0.05, 0) is 36.5 Å². The molecule has 1 atom stereocenters. The molecule has 2 rings (SSSR count). The van der Waals surface area contributed by atoms with Crippen LogP contribution in [0.3, 0.4) is 0 Å². The lowest BCUT2D eigenvalue weighted by atomic mass is 10.1. The number of nitrogens with one attached hydrogen (secondary N) is 1. The quantitative estimate of drug-likeness (QED) is 0.875. The highest BCUT2D eigenvalue weighted by Crippen LogP contribution is 2.23. The average molecular weight is 246 g/mol. The first kappa shape index (κ1) is 12.3. The number of thiophene rings is 1. The Morgan fingerprint density at radius 1 is 1.35 bits per heavy atom. The summed E-state index contributed by atoms with van der Waals surface area (Å²) in [4.78, 5) is 5.86. The molecule has 0 aromatic carbocycles. The summed E-state index contributed by atoms with van der Waals surface area (Å²) >= 11 is 1.81. The number of pyridine rings is 1. The van der Waals surface area contributed by atoms with Crippen molar-refractivity contribution in [2.24, 2.45) is 0 Å². The van der Waals surface area contributed by atoms with Gasteiger partial charge < -0.3 is 5.32 Å². The lowest BCUT2D eigenvalue weighted by Gasteiger charge is -2.16. The maximum absolute atomic E-state index is 4.47. The highest BCUT2D eigenvalue weighted by Gasteiger charge is 2.13. The number of rotatable bonds is 5. The van der Waals surface area contributed by atoms with E-state index in [1.165, 1.54) is 16.1 Å². The van der Waals surface area contributed by atoms with Gasteiger partial charge in [0.1, 0.15) is 0 Å². The number of hydrogen-bond donors (Lipinski definition) is 1. The van der Waals surface area contributed by atoms with Gasteiger partial charge in [-0.25, -0.2) is 0 Å². The van der Waals surface area contributed by atoms with Crippen LogP contribution in [0.15, 0.2) is 35.8 Å². The van der Waals surface area contributed by atoms with E-state index in [4.69, 9.17) is 0 Å². The molecular weight excluding hydrogens is 228 g/mol. The van der Waals surface area contributed by atoms with Crippen molar-refractivity contribution in [2.75, 3.05) is 6.54 Å². The van der Waals surface area contributed by atoms with Crippen molar-refractivity contribution in [2.45, 2.75) is 26.3 Å². The lowest BCUT2D eigenvalue weighted by molar-refractivity contribution is 0.551. The van der Waals surface area contributed by atoms with E-state index in [9.17, 15) is 0 Å². The van der Waals surface area contributed by atoms with Gasteiger partial charge in [-0.15, -0.1) is 11.3 Å². The molecule has 3 heteroatoms. The van der Waals surface area contributed by atoms with Gasteiger partial charge in [0.2, 0.25) is 0 Å². The molecule has 2 aromatic heterocycles. The van der Waals surface area contributed by atoms with Crippen molar-refractivity contribution < 1.29 is 0 Å². The van der Waals surface area contributed by atoms with Gasteiger partial charge in [-0.3, -0.25) is 4.98 Å². The summed E-state index contributed by atoms with van der Waals surface area (Å²) in [7, 11) is 0. The molecular formula is C14H18N2S. The van der Waals surface area contributed by atoms with Gasteiger partial charge in [0.15, 0.2) is 0 Å². The van der Waals surface area contributed by atoms with Crippen LogP contribution in [-0.4, -0.2) is 11.5 Å². The van der Waals surface area contributed by atoms with Gasteiger partial charge >= 0.3 is 0 Å². The van der Waals surface area contributed by atoms with E-state index in [2.05, 4.69) is 47.7 Å². The Morgan fingerprint density at radius 2 is 2.24 bits per heavy atom. The van der Waals surface area contributed by atoms with Crippen LogP contribution in [-0.2, 0) is 6.42 Å². The van der Waals surface area contributed by atoms with Gasteiger partial charge in [0, 0.05) is 29.2 Å². The van der Waals surface area contributed by atoms with Crippen LogP contribution >= 0.6 is 11.3 Å².